The number of carbonyl (C=O) groups is 2. The maximum absolute atomic E-state index is 12.7. The number of hydrogen-bond acceptors (Lipinski definition) is 4. The normalized spacial score (nSPS) is 18.6. The third-order valence-electron chi connectivity index (χ3n) is 4.68. The molecule has 0 fully saturated rings. The maximum atomic E-state index is 12.7. The smallest absolute Gasteiger partial charge is 0.307 e. The minimum atomic E-state index is -1.08. The first-order valence-electron chi connectivity index (χ1n) is 8.45. The SMILES string of the molecule is N#Cc1ccc(CC(N)C(=O)N2C=C3C=CC=CC3C2)c(Cl)c1CC(=O)O. The van der Waals surface area contributed by atoms with Gasteiger partial charge in [-0.25, -0.2) is 0 Å². The fourth-order valence-corrected chi connectivity index (χ4v) is 3.60. The molecule has 0 radical (unpaired) electrons. The average molecular weight is 384 g/mol. The van der Waals surface area contributed by atoms with Crippen molar-refractivity contribution in [2.75, 3.05) is 6.54 Å². The van der Waals surface area contributed by atoms with Crippen molar-refractivity contribution in [1.29, 1.82) is 5.26 Å². The van der Waals surface area contributed by atoms with Crippen molar-refractivity contribution in [1.82, 2.24) is 4.90 Å². The molecule has 27 heavy (non-hydrogen) atoms. The van der Waals surface area contributed by atoms with Gasteiger partial charge in [0, 0.05) is 23.7 Å². The molecule has 1 amide bonds. The summed E-state index contributed by atoms with van der Waals surface area (Å²) in [5.74, 6) is -1.12. The molecule has 0 saturated heterocycles. The van der Waals surface area contributed by atoms with Gasteiger partial charge in [-0.15, -0.1) is 0 Å². The van der Waals surface area contributed by atoms with Crippen LogP contribution in [0.15, 0.2) is 48.2 Å². The topological polar surface area (TPSA) is 107 Å². The van der Waals surface area contributed by atoms with Crippen molar-refractivity contribution in [3.8, 4) is 6.07 Å². The summed E-state index contributed by atoms with van der Waals surface area (Å²) in [7, 11) is 0. The van der Waals surface area contributed by atoms with Crippen LogP contribution in [0.4, 0.5) is 0 Å². The zero-order valence-corrected chi connectivity index (χ0v) is 15.2. The lowest BCUT2D eigenvalue weighted by molar-refractivity contribution is -0.136. The number of carbonyl (C=O) groups excluding carboxylic acids is 1. The van der Waals surface area contributed by atoms with E-state index in [1.54, 1.807) is 11.0 Å². The number of nitriles is 1. The zero-order valence-electron chi connectivity index (χ0n) is 14.4. The van der Waals surface area contributed by atoms with E-state index in [-0.39, 0.29) is 40.8 Å². The summed E-state index contributed by atoms with van der Waals surface area (Å²) in [4.78, 5) is 25.4. The Morgan fingerprint density at radius 3 is 2.85 bits per heavy atom. The molecular weight excluding hydrogens is 366 g/mol. The van der Waals surface area contributed by atoms with Gasteiger partial charge in [0.15, 0.2) is 0 Å². The van der Waals surface area contributed by atoms with Gasteiger partial charge in [0.05, 0.1) is 24.1 Å². The van der Waals surface area contributed by atoms with Gasteiger partial charge >= 0.3 is 5.97 Å². The highest BCUT2D eigenvalue weighted by atomic mass is 35.5. The Bertz CT molecular complexity index is 927. The quantitative estimate of drug-likeness (QED) is 0.810. The molecule has 6 nitrogen and oxygen atoms in total. The fraction of sp³-hybridized carbons (Fsp3) is 0.250. The zero-order chi connectivity index (χ0) is 19.6. The van der Waals surface area contributed by atoms with Crippen LogP contribution in [-0.4, -0.2) is 34.5 Å². The van der Waals surface area contributed by atoms with Crippen LogP contribution in [0, 0.1) is 17.2 Å². The number of nitrogens with two attached hydrogens (primary N) is 1. The summed E-state index contributed by atoms with van der Waals surface area (Å²) in [5.41, 5.74) is 8.18. The average Bonchev–Trinajstić information content (AvgIpc) is 3.08. The lowest BCUT2D eigenvalue weighted by Gasteiger charge is -2.20. The summed E-state index contributed by atoms with van der Waals surface area (Å²) in [6.45, 7) is 0.550. The third kappa shape index (κ3) is 3.95. The van der Waals surface area contributed by atoms with E-state index in [9.17, 15) is 9.59 Å². The van der Waals surface area contributed by atoms with Gasteiger partial charge in [-0.1, -0.05) is 42.0 Å². The molecule has 0 bridgehead atoms. The van der Waals surface area contributed by atoms with Gasteiger partial charge in [-0.3, -0.25) is 9.59 Å². The number of benzene rings is 1. The van der Waals surface area contributed by atoms with Crippen molar-refractivity contribution in [3.05, 3.63) is 69.9 Å². The number of amides is 1. The van der Waals surface area contributed by atoms with Crippen molar-refractivity contribution in [2.45, 2.75) is 18.9 Å². The highest BCUT2D eigenvalue weighted by Crippen LogP contribution is 2.29. The molecule has 3 rings (SSSR count). The molecule has 3 N–H and O–H groups in total. The Balaban J connectivity index is 1.77. The van der Waals surface area contributed by atoms with Crippen LogP contribution >= 0.6 is 11.6 Å². The predicted octanol–water partition coefficient (Wildman–Crippen LogP) is 2.18. The summed E-state index contributed by atoms with van der Waals surface area (Å²) in [5, 5.41) is 18.4. The molecule has 0 aromatic heterocycles. The highest BCUT2D eigenvalue weighted by Gasteiger charge is 2.29. The van der Waals surface area contributed by atoms with E-state index in [1.807, 2.05) is 36.6 Å². The lowest BCUT2D eigenvalue weighted by Crippen LogP contribution is -2.42. The Hall–Kier alpha value is -2.88. The standard InChI is InChI=1S/C20H18ClN3O3/c21-19-12(5-6-13(9-22)16(19)8-18(25)26)7-17(23)20(27)24-10-14-3-1-2-4-15(14)11-24/h1-6,10,15,17H,7-8,11,23H2,(H,25,26). The van der Waals surface area contributed by atoms with E-state index in [0.29, 0.717) is 12.1 Å². The number of halogens is 1. The minimum Gasteiger partial charge on any atom is -0.481 e. The molecule has 1 aromatic carbocycles. The van der Waals surface area contributed by atoms with E-state index < -0.39 is 12.0 Å². The molecule has 1 aliphatic heterocycles. The second kappa shape index (κ2) is 7.78. The molecule has 138 valence electrons. The summed E-state index contributed by atoms with van der Waals surface area (Å²) >= 11 is 6.32. The molecular formula is C20H18ClN3O3. The maximum Gasteiger partial charge on any atom is 0.307 e. The van der Waals surface area contributed by atoms with Crippen LogP contribution in [0.5, 0.6) is 0 Å². The predicted molar refractivity (Wildman–Crippen MR) is 101 cm³/mol. The van der Waals surface area contributed by atoms with E-state index in [1.165, 1.54) is 6.07 Å². The van der Waals surface area contributed by atoms with Crippen LogP contribution in [0.3, 0.4) is 0 Å². The first kappa shape index (κ1) is 18.9. The molecule has 0 saturated carbocycles. The number of aliphatic carboxylic acids is 1. The number of rotatable bonds is 5. The Kier molecular flexibility index (Phi) is 5.45. The summed E-state index contributed by atoms with van der Waals surface area (Å²) in [6.07, 6.45) is 9.50. The van der Waals surface area contributed by atoms with Gasteiger partial charge in [0.1, 0.15) is 0 Å². The number of carboxylic acid groups (broad SMARTS) is 1. The molecule has 1 aliphatic carbocycles. The number of fused-ring (bicyclic) bond motifs is 1. The molecule has 1 aromatic rings. The number of carboxylic acids is 1. The van der Waals surface area contributed by atoms with Crippen molar-refractivity contribution >= 4 is 23.5 Å². The molecule has 0 spiro atoms. The molecule has 1 heterocycles. The van der Waals surface area contributed by atoms with Crippen LogP contribution in [0.2, 0.25) is 5.02 Å². The van der Waals surface area contributed by atoms with Crippen molar-refractivity contribution in [2.24, 2.45) is 11.7 Å². The van der Waals surface area contributed by atoms with Gasteiger partial charge in [0.25, 0.3) is 0 Å². The molecule has 7 heteroatoms. The monoisotopic (exact) mass is 383 g/mol. The Labute approximate surface area is 161 Å². The lowest BCUT2D eigenvalue weighted by atomic mass is 9.97. The second-order valence-electron chi connectivity index (χ2n) is 6.53. The van der Waals surface area contributed by atoms with Crippen molar-refractivity contribution in [3.63, 3.8) is 0 Å². The van der Waals surface area contributed by atoms with E-state index in [2.05, 4.69) is 0 Å². The van der Waals surface area contributed by atoms with Crippen LogP contribution in [-0.2, 0) is 22.4 Å². The largest absolute Gasteiger partial charge is 0.481 e. The van der Waals surface area contributed by atoms with Gasteiger partial charge in [-0.05, 0) is 29.2 Å². The number of hydrogen-bond donors (Lipinski definition) is 2. The Morgan fingerprint density at radius 1 is 1.41 bits per heavy atom. The number of nitrogens with zero attached hydrogens (tertiary/aromatic N) is 2. The molecule has 2 aliphatic rings. The third-order valence-corrected chi connectivity index (χ3v) is 5.15. The molecule has 2 atom stereocenters. The van der Waals surface area contributed by atoms with E-state index in [4.69, 9.17) is 27.7 Å². The second-order valence-corrected chi connectivity index (χ2v) is 6.91. The van der Waals surface area contributed by atoms with Gasteiger partial charge in [-0.2, -0.15) is 5.26 Å². The molecule has 2 unspecified atom stereocenters. The Morgan fingerprint density at radius 2 is 2.19 bits per heavy atom. The fourth-order valence-electron chi connectivity index (χ4n) is 3.30. The van der Waals surface area contributed by atoms with Gasteiger partial charge < -0.3 is 15.7 Å². The van der Waals surface area contributed by atoms with E-state index in [0.717, 1.165) is 5.57 Å². The first-order valence-corrected chi connectivity index (χ1v) is 8.83. The minimum absolute atomic E-state index is 0.159. The van der Waals surface area contributed by atoms with Crippen molar-refractivity contribution < 1.29 is 14.7 Å². The summed E-state index contributed by atoms with van der Waals surface area (Å²) < 4.78 is 0. The summed E-state index contributed by atoms with van der Waals surface area (Å²) in [6, 6.07) is 4.25. The number of allylic oxidation sites excluding steroid dienone is 3. The van der Waals surface area contributed by atoms with Crippen LogP contribution < -0.4 is 5.73 Å². The van der Waals surface area contributed by atoms with E-state index >= 15 is 0 Å². The highest BCUT2D eigenvalue weighted by molar-refractivity contribution is 6.32. The van der Waals surface area contributed by atoms with Crippen LogP contribution in [0.1, 0.15) is 16.7 Å². The van der Waals surface area contributed by atoms with Crippen LogP contribution in [0.25, 0.3) is 0 Å². The van der Waals surface area contributed by atoms with Gasteiger partial charge in [0.2, 0.25) is 5.91 Å². The first-order chi connectivity index (χ1) is 12.9.